The standard InChI is InChI=1S/C16H26O2/c1-4-12(5-2)9-13(6-3)10-14-7-8-15(17)16(18)11-14/h7-8,11-13,17-18H,4-6,9-10H2,1-3H3. The summed E-state index contributed by atoms with van der Waals surface area (Å²) < 4.78 is 0. The monoisotopic (exact) mass is 250 g/mol. The summed E-state index contributed by atoms with van der Waals surface area (Å²) in [5.41, 5.74) is 1.11. The zero-order valence-corrected chi connectivity index (χ0v) is 11.8. The molecule has 1 aromatic rings. The van der Waals surface area contributed by atoms with Crippen molar-refractivity contribution in [2.45, 2.75) is 52.9 Å². The van der Waals surface area contributed by atoms with Gasteiger partial charge in [0.05, 0.1) is 0 Å². The lowest BCUT2D eigenvalue weighted by Gasteiger charge is -2.21. The van der Waals surface area contributed by atoms with E-state index in [1.54, 1.807) is 12.1 Å². The molecule has 0 heterocycles. The van der Waals surface area contributed by atoms with Gasteiger partial charge in [0.1, 0.15) is 0 Å². The van der Waals surface area contributed by atoms with Gasteiger partial charge in [0.25, 0.3) is 0 Å². The van der Waals surface area contributed by atoms with E-state index in [0.29, 0.717) is 5.92 Å². The minimum atomic E-state index is -0.0354. The van der Waals surface area contributed by atoms with Gasteiger partial charge in [-0.05, 0) is 42.4 Å². The van der Waals surface area contributed by atoms with Crippen LogP contribution in [0.25, 0.3) is 0 Å². The maximum atomic E-state index is 9.51. The van der Waals surface area contributed by atoms with Gasteiger partial charge in [-0.2, -0.15) is 0 Å². The molecule has 0 amide bonds. The summed E-state index contributed by atoms with van der Waals surface area (Å²) in [7, 11) is 0. The van der Waals surface area contributed by atoms with Crippen LogP contribution in [0.15, 0.2) is 18.2 Å². The molecule has 1 aromatic carbocycles. The highest BCUT2D eigenvalue weighted by Gasteiger charge is 2.14. The fourth-order valence-electron chi connectivity index (χ4n) is 2.52. The molecule has 0 spiro atoms. The van der Waals surface area contributed by atoms with Crippen molar-refractivity contribution in [2.75, 3.05) is 0 Å². The van der Waals surface area contributed by atoms with Gasteiger partial charge >= 0.3 is 0 Å². The predicted octanol–water partition coefficient (Wildman–Crippen LogP) is 4.49. The molecule has 0 aliphatic heterocycles. The van der Waals surface area contributed by atoms with E-state index in [9.17, 15) is 10.2 Å². The van der Waals surface area contributed by atoms with E-state index >= 15 is 0 Å². The van der Waals surface area contributed by atoms with Crippen LogP contribution in [0, 0.1) is 11.8 Å². The van der Waals surface area contributed by atoms with Crippen molar-refractivity contribution in [3.8, 4) is 11.5 Å². The fraction of sp³-hybridized carbons (Fsp3) is 0.625. The summed E-state index contributed by atoms with van der Waals surface area (Å²) in [6.07, 6.45) is 5.89. The number of phenolic OH excluding ortho intramolecular Hbond substituents is 2. The minimum Gasteiger partial charge on any atom is -0.504 e. The summed E-state index contributed by atoms with van der Waals surface area (Å²) >= 11 is 0. The van der Waals surface area contributed by atoms with E-state index in [0.717, 1.165) is 24.3 Å². The van der Waals surface area contributed by atoms with Crippen LogP contribution in [-0.2, 0) is 6.42 Å². The van der Waals surface area contributed by atoms with Gasteiger partial charge < -0.3 is 10.2 Å². The number of hydrogen-bond donors (Lipinski definition) is 2. The molecular weight excluding hydrogens is 224 g/mol. The molecular formula is C16H26O2. The first kappa shape index (κ1) is 14.9. The van der Waals surface area contributed by atoms with Crippen LogP contribution in [0.5, 0.6) is 11.5 Å². The highest BCUT2D eigenvalue weighted by molar-refractivity contribution is 5.40. The van der Waals surface area contributed by atoms with E-state index in [4.69, 9.17) is 0 Å². The molecule has 0 saturated carbocycles. The Morgan fingerprint density at radius 2 is 1.50 bits per heavy atom. The Labute approximate surface area is 111 Å². The molecule has 0 aliphatic carbocycles. The highest BCUT2D eigenvalue weighted by atomic mass is 16.3. The molecule has 1 atom stereocenters. The molecule has 2 heteroatoms. The number of phenols is 2. The van der Waals surface area contributed by atoms with Crippen molar-refractivity contribution in [1.29, 1.82) is 0 Å². The van der Waals surface area contributed by atoms with Crippen molar-refractivity contribution in [2.24, 2.45) is 11.8 Å². The second-order valence-corrected chi connectivity index (χ2v) is 5.22. The summed E-state index contributed by atoms with van der Waals surface area (Å²) in [4.78, 5) is 0. The van der Waals surface area contributed by atoms with Crippen molar-refractivity contribution < 1.29 is 10.2 Å². The quantitative estimate of drug-likeness (QED) is 0.700. The van der Waals surface area contributed by atoms with Gasteiger partial charge in [0.15, 0.2) is 11.5 Å². The largest absolute Gasteiger partial charge is 0.504 e. The summed E-state index contributed by atoms with van der Waals surface area (Å²) in [5.74, 6) is 1.43. The second kappa shape index (κ2) is 7.30. The lowest BCUT2D eigenvalue weighted by atomic mass is 9.85. The van der Waals surface area contributed by atoms with E-state index in [-0.39, 0.29) is 11.5 Å². The summed E-state index contributed by atoms with van der Waals surface area (Å²) in [6.45, 7) is 6.74. The van der Waals surface area contributed by atoms with E-state index in [1.165, 1.54) is 19.3 Å². The molecule has 18 heavy (non-hydrogen) atoms. The van der Waals surface area contributed by atoms with Crippen molar-refractivity contribution in [3.05, 3.63) is 23.8 Å². The van der Waals surface area contributed by atoms with Crippen molar-refractivity contribution in [3.63, 3.8) is 0 Å². The molecule has 0 radical (unpaired) electrons. The Kier molecular flexibility index (Phi) is 6.03. The minimum absolute atomic E-state index is 0.00936. The van der Waals surface area contributed by atoms with Gasteiger partial charge in [0.2, 0.25) is 0 Å². The zero-order valence-electron chi connectivity index (χ0n) is 11.8. The van der Waals surface area contributed by atoms with Gasteiger partial charge in [-0.15, -0.1) is 0 Å². The molecule has 0 saturated heterocycles. The molecule has 0 aromatic heterocycles. The molecule has 0 aliphatic rings. The first-order valence-corrected chi connectivity index (χ1v) is 7.11. The lowest BCUT2D eigenvalue weighted by molar-refractivity contribution is 0.342. The van der Waals surface area contributed by atoms with Crippen LogP contribution < -0.4 is 0 Å². The van der Waals surface area contributed by atoms with E-state index in [1.807, 2.05) is 6.07 Å². The smallest absolute Gasteiger partial charge is 0.157 e. The van der Waals surface area contributed by atoms with Crippen LogP contribution in [0.4, 0.5) is 0 Å². The first-order chi connectivity index (χ1) is 8.60. The van der Waals surface area contributed by atoms with Gasteiger partial charge in [-0.1, -0.05) is 46.1 Å². The molecule has 2 N–H and O–H groups in total. The Hall–Kier alpha value is -1.18. The van der Waals surface area contributed by atoms with Crippen LogP contribution in [0.3, 0.4) is 0 Å². The third-order valence-electron chi connectivity index (χ3n) is 3.96. The SMILES string of the molecule is CCC(CC)CC(CC)Cc1ccc(O)c(O)c1. The Morgan fingerprint density at radius 1 is 0.889 bits per heavy atom. The maximum absolute atomic E-state index is 9.51. The topological polar surface area (TPSA) is 40.5 Å². The summed E-state index contributed by atoms with van der Waals surface area (Å²) in [6, 6.07) is 5.17. The van der Waals surface area contributed by atoms with E-state index < -0.39 is 0 Å². The zero-order chi connectivity index (χ0) is 13.5. The van der Waals surface area contributed by atoms with Gasteiger partial charge in [-0.3, -0.25) is 0 Å². The Bertz CT molecular complexity index is 356. The number of hydrogen-bond acceptors (Lipinski definition) is 2. The average Bonchev–Trinajstić information content (AvgIpc) is 2.38. The Balaban J connectivity index is 2.64. The fourth-order valence-corrected chi connectivity index (χ4v) is 2.52. The predicted molar refractivity (Wildman–Crippen MR) is 75.9 cm³/mol. The number of aromatic hydroxyl groups is 2. The second-order valence-electron chi connectivity index (χ2n) is 5.22. The molecule has 1 rings (SSSR count). The molecule has 0 fully saturated rings. The lowest BCUT2D eigenvalue weighted by Crippen LogP contribution is -2.10. The average molecular weight is 250 g/mol. The van der Waals surface area contributed by atoms with Gasteiger partial charge in [-0.25, -0.2) is 0 Å². The van der Waals surface area contributed by atoms with Crippen LogP contribution >= 0.6 is 0 Å². The molecule has 1 unspecified atom stereocenters. The third kappa shape index (κ3) is 4.25. The van der Waals surface area contributed by atoms with Crippen molar-refractivity contribution >= 4 is 0 Å². The van der Waals surface area contributed by atoms with Crippen LogP contribution in [0.1, 0.15) is 52.0 Å². The molecule has 102 valence electrons. The maximum Gasteiger partial charge on any atom is 0.157 e. The van der Waals surface area contributed by atoms with Gasteiger partial charge in [0, 0.05) is 0 Å². The van der Waals surface area contributed by atoms with Crippen molar-refractivity contribution in [1.82, 2.24) is 0 Å². The number of rotatable bonds is 7. The third-order valence-corrected chi connectivity index (χ3v) is 3.96. The molecule has 2 nitrogen and oxygen atoms in total. The summed E-state index contributed by atoms with van der Waals surface area (Å²) in [5, 5.41) is 18.8. The Morgan fingerprint density at radius 3 is 2.00 bits per heavy atom. The highest BCUT2D eigenvalue weighted by Crippen LogP contribution is 2.29. The number of benzene rings is 1. The first-order valence-electron chi connectivity index (χ1n) is 7.11. The van der Waals surface area contributed by atoms with Crippen LogP contribution in [0.2, 0.25) is 0 Å². The van der Waals surface area contributed by atoms with E-state index in [2.05, 4.69) is 20.8 Å². The van der Waals surface area contributed by atoms with Crippen LogP contribution in [-0.4, -0.2) is 10.2 Å². The molecule has 0 bridgehead atoms. The normalized spacial score (nSPS) is 12.9.